The molecule has 6 nitrogen and oxygen atoms in total. The highest BCUT2D eigenvalue weighted by molar-refractivity contribution is 7.82. The van der Waals surface area contributed by atoms with Crippen molar-refractivity contribution in [3.8, 4) is 0 Å². The van der Waals surface area contributed by atoms with E-state index in [0.717, 1.165) is 38.0 Å². The van der Waals surface area contributed by atoms with Crippen LogP contribution < -0.4 is 10.0 Å². The Kier molecular flexibility index (Phi) is 15.0. The number of allylic oxidation sites excluding steroid dienone is 3. The van der Waals surface area contributed by atoms with Crippen molar-refractivity contribution in [3.05, 3.63) is 72.2 Å². The predicted molar refractivity (Wildman–Crippen MR) is 137 cm³/mol. The summed E-state index contributed by atoms with van der Waals surface area (Å²) in [5.74, 6) is -0.0815. The molecule has 1 amide bonds. The van der Waals surface area contributed by atoms with Crippen LogP contribution in [0.4, 0.5) is 4.39 Å². The Morgan fingerprint density at radius 2 is 1.85 bits per heavy atom. The summed E-state index contributed by atoms with van der Waals surface area (Å²) in [5.41, 5.74) is 1.57. The van der Waals surface area contributed by atoms with E-state index in [9.17, 15) is 13.4 Å². The maximum absolute atomic E-state index is 13.1. The molecule has 0 aliphatic rings. The van der Waals surface area contributed by atoms with Crippen LogP contribution >= 0.6 is 0 Å². The lowest BCUT2D eigenvalue weighted by Gasteiger charge is -2.34. The van der Waals surface area contributed by atoms with Gasteiger partial charge >= 0.3 is 0 Å². The highest BCUT2D eigenvalue weighted by Crippen LogP contribution is 2.21. The van der Waals surface area contributed by atoms with Gasteiger partial charge in [0, 0.05) is 32.1 Å². The summed E-state index contributed by atoms with van der Waals surface area (Å²) in [6.45, 7) is 7.53. The van der Waals surface area contributed by atoms with Gasteiger partial charge in [-0.25, -0.2) is 13.3 Å². The van der Waals surface area contributed by atoms with Crippen molar-refractivity contribution in [3.63, 3.8) is 0 Å². The second-order valence-electron chi connectivity index (χ2n) is 7.73. The first-order chi connectivity index (χ1) is 15.9. The maximum atomic E-state index is 13.1. The van der Waals surface area contributed by atoms with Gasteiger partial charge in [0.2, 0.25) is 5.91 Å². The normalized spacial score (nSPS) is 14.2. The molecule has 0 heterocycles. The molecule has 1 aromatic carbocycles. The monoisotopic (exact) mass is 478 g/mol. The molecule has 0 bridgehead atoms. The van der Waals surface area contributed by atoms with Gasteiger partial charge in [-0.05, 0) is 43.6 Å². The molecule has 2 N–H and O–H groups in total. The molecule has 2 atom stereocenters. The Labute approximate surface area is 201 Å². The van der Waals surface area contributed by atoms with Gasteiger partial charge in [0.1, 0.15) is 0 Å². The number of benzene rings is 1. The molecule has 0 aliphatic heterocycles. The predicted octanol–water partition coefficient (Wildman–Crippen LogP) is 3.70. The summed E-state index contributed by atoms with van der Waals surface area (Å²) in [6, 6.07) is 9.98. The van der Waals surface area contributed by atoms with Crippen molar-refractivity contribution >= 4 is 16.9 Å². The van der Waals surface area contributed by atoms with Crippen LogP contribution in [0.25, 0.3) is 0 Å². The second-order valence-corrected chi connectivity index (χ2v) is 8.93. The number of hydrogen-bond acceptors (Lipinski definition) is 4. The van der Waals surface area contributed by atoms with E-state index < -0.39 is 11.0 Å². The largest absolute Gasteiger partial charge is 0.376 e. The summed E-state index contributed by atoms with van der Waals surface area (Å²) >= 11 is 0. The van der Waals surface area contributed by atoms with Gasteiger partial charge in [0.15, 0.2) is 0 Å². The van der Waals surface area contributed by atoms with Crippen molar-refractivity contribution in [1.82, 2.24) is 19.8 Å². The summed E-state index contributed by atoms with van der Waals surface area (Å²) in [5, 5.41) is 3.01. The van der Waals surface area contributed by atoms with Gasteiger partial charge in [0.25, 0.3) is 0 Å². The maximum Gasteiger partial charge on any atom is 0.242 e. The van der Waals surface area contributed by atoms with E-state index in [4.69, 9.17) is 0 Å². The lowest BCUT2D eigenvalue weighted by atomic mass is 10.0. The van der Waals surface area contributed by atoms with Crippen molar-refractivity contribution in [2.24, 2.45) is 0 Å². The van der Waals surface area contributed by atoms with Gasteiger partial charge in [-0.3, -0.25) is 4.79 Å². The van der Waals surface area contributed by atoms with Crippen LogP contribution in [0.1, 0.15) is 38.3 Å². The Morgan fingerprint density at radius 1 is 1.18 bits per heavy atom. The number of nitrogens with one attached hydrogen (secondary N) is 2. The molecule has 0 fully saturated rings. The summed E-state index contributed by atoms with van der Waals surface area (Å²) < 4.78 is 26.6. The third-order valence-corrected chi connectivity index (χ3v) is 5.63. The van der Waals surface area contributed by atoms with Gasteiger partial charge < -0.3 is 15.1 Å². The van der Waals surface area contributed by atoms with Gasteiger partial charge in [-0.2, -0.15) is 0 Å². The molecule has 0 saturated carbocycles. The van der Waals surface area contributed by atoms with E-state index in [1.54, 1.807) is 29.4 Å². The molecule has 8 heteroatoms. The Bertz CT molecular complexity index is 793. The van der Waals surface area contributed by atoms with Gasteiger partial charge in [-0.1, -0.05) is 56.3 Å². The Morgan fingerprint density at radius 3 is 2.42 bits per heavy atom. The molecule has 0 aliphatic carbocycles. The SMILES string of the molecule is CCCN(CCC)CC(c1ccccc1)N(C)C(=O)CNC(/C=C\F)=C/C=C/CNS(C)=O. The van der Waals surface area contributed by atoms with Crippen LogP contribution in [0.2, 0.25) is 0 Å². The number of carbonyl (C=O) groups excluding carboxylic acids is 1. The minimum Gasteiger partial charge on any atom is -0.376 e. The van der Waals surface area contributed by atoms with E-state index in [2.05, 4.69) is 40.9 Å². The Balaban J connectivity index is 2.88. The standard InChI is InChI=1S/C25H39FN4O2S/c1-5-18-30(19-6-2)21-24(22-12-8-7-9-13-22)29(3)25(31)20-27-23(15-16-26)14-10-11-17-28-33(4)32/h7-16,24,27-28H,5-6,17-21H2,1-4H3/b11-10+,16-15-,23-14+. The van der Waals surface area contributed by atoms with Crippen LogP contribution in [-0.4, -0.2) is 65.9 Å². The minimum absolute atomic E-state index is 0.0443. The van der Waals surface area contributed by atoms with Crippen LogP contribution in [0.15, 0.2) is 66.7 Å². The van der Waals surface area contributed by atoms with E-state index >= 15 is 0 Å². The smallest absolute Gasteiger partial charge is 0.242 e. The number of rotatable bonds is 16. The molecule has 1 aromatic rings. The zero-order chi connectivity index (χ0) is 24.5. The number of nitrogens with zero attached hydrogens (tertiary/aromatic N) is 2. The zero-order valence-electron chi connectivity index (χ0n) is 20.3. The summed E-state index contributed by atoms with van der Waals surface area (Å²) in [7, 11) is 0.731. The van der Waals surface area contributed by atoms with Crippen molar-refractivity contribution in [1.29, 1.82) is 0 Å². The summed E-state index contributed by atoms with van der Waals surface area (Å²) in [6.07, 6.45) is 10.5. The molecule has 0 radical (unpaired) electrons. The second kappa shape index (κ2) is 17.2. The third-order valence-electron chi connectivity index (χ3n) is 5.06. The first-order valence-corrected chi connectivity index (χ1v) is 13.0. The number of halogens is 1. The van der Waals surface area contributed by atoms with Gasteiger partial charge in [-0.15, -0.1) is 0 Å². The molecular weight excluding hydrogens is 439 g/mol. The number of likely N-dealkylation sites (N-methyl/N-ethyl adjacent to an activating group) is 1. The molecule has 1 rings (SSSR count). The number of hydrogen-bond donors (Lipinski definition) is 2. The number of carbonyl (C=O) groups is 1. The van der Waals surface area contributed by atoms with E-state index in [1.165, 1.54) is 6.08 Å². The lowest BCUT2D eigenvalue weighted by Crippen LogP contribution is -2.43. The summed E-state index contributed by atoms with van der Waals surface area (Å²) in [4.78, 5) is 17.2. The molecular formula is C25H39FN4O2S. The van der Waals surface area contributed by atoms with Crippen LogP contribution in [0.5, 0.6) is 0 Å². The molecule has 0 spiro atoms. The van der Waals surface area contributed by atoms with Crippen LogP contribution in [-0.2, 0) is 15.8 Å². The number of amides is 1. The molecule has 184 valence electrons. The first kappa shape index (κ1) is 28.7. The lowest BCUT2D eigenvalue weighted by molar-refractivity contribution is -0.131. The fourth-order valence-corrected chi connectivity index (χ4v) is 3.75. The molecule has 0 aromatic heterocycles. The average molecular weight is 479 g/mol. The van der Waals surface area contributed by atoms with Crippen molar-refractivity contribution in [2.45, 2.75) is 32.7 Å². The van der Waals surface area contributed by atoms with E-state index in [0.29, 0.717) is 18.6 Å². The van der Waals surface area contributed by atoms with Crippen molar-refractivity contribution in [2.75, 3.05) is 46.0 Å². The average Bonchev–Trinajstić information content (AvgIpc) is 2.80. The van der Waals surface area contributed by atoms with Crippen molar-refractivity contribution < 1.29 is 13.4 Å². The van der Waals surface area contributed by atoms with Crippen LogP contribution in [0.3, 0.4) is 0 Å². The van der Waals surface area contributed by atoms with E-state index in [1.807, 2.05) is 25.2 Å². The fourth-order valence-electron chi connectivity index (χ4n) is 3.42. The Hall–Kier alpha value is -2.29. The topological polar surface area (TPSA) is 64.7 Å². The zero-order valence-corrected chi connectivity index (χ0v) is 21.1. The quantitative estimate of drug-likeness (QED) is 0.356. The van der Waals surface area contributed by atoms with Crippen LogP contribution in [0, 0.1) is 0 Å². The van der Waals surface area contributed by atoms with Gasteiger partial charge in [0.05, 0.1) is 29.9 Å². The molecule has 2 unspecified atom stereocenters. The minimum atomic E-state index is -1.09. The first-order valence-electron chi connectivity index (χ1n) is 11.4. The highest BCUT2D eigenvalue weighted by Gasteiger charge is 2.23. The highest BCUT2D eigenvalue weighted by atomic mass is 32.2. The fraction of sp³-hybridized carbons (Fsp3) is 0.480. The van der Waals surface area contributed by atoms with E-state index in [-0.39, 0.29) is 18.5 Å². The molecule has 0 saturated heterocycles. The third kappa shape index (κ3) is 11.9. The molecule has 33 heavy (non-hydrogen) atoms.